The van der Waals surface area contributed by atoms with Crippen molar-refractivity contribution in [3.63, 3.8) is 0 Å². The molecule has 1 amide bonds. The van der Waals surface area contributed by atoms with E-state index in [2.05, 4.69) is 22.9 Å². The Balaban J connectivity index is 1.88. The molecule has 1 unspecified atom stereocenters. The molecule has 0 aliphatic rings. The van der Waals surface area contributed by atoms with Crippen molar-refractivity contribution in [1.29, 1.82) is 0 Å². The molecule has 22 heavy (non-hydrogen) atoms. The van der Waals surface area contributed by atoms with Crippen LogP contribution < -0.4 is 11.1 Å². The summed E-state index contributed by atoms with van der Waals surface area (Å²) in [7, 11) is 0. The lowest BCUT2D eigenvalue weighted by Crippen LogP contribution is -2.41. The molecule has 1 heterocycles. The van der Waals surface area contributed by atoms with E-state index in [1.807, 2.05) is 43.3 Å². The summed E-state index contributed by atoms with van der Waals surface area (Å²) in [6, 6.07) is 11.2. The number of carbonyl (C=O) groups excluding carboxylic acids is 1. The number of aromatic nitrogens is 1. The van der Waals surface area contributed by atoms with E-state index in [-0.39, 0.29) is 11.2 Å². The number of nitrogens with two attached hydrogens (primary N) is 1. The second-order valence-corrected chi connectivity index (χ2v) is 6.09. The number of rotatable bonds is 6. The second kappa shape index (κ2) is 7.96. The van der Waals surface area contributed by atoms with Gasteiger partial charge in [-0.05, 0) is 36.1 Å². The minimum Gasteiger partial charge on any atom is -0.351 e. The Morgan fingerprint density at radius 3 is 2.68 bits per heavy atom. The molecule has 0 aliphatic carbocycles. The summed E-state index contributed by atoms with van der Waals surface area (Å²) >= 11 is 4.38. The summed E-state index contributed by atoms with van der Waals surface area (Å²) in [6.45, 7) is 2.40. The predicted octanol–water partition coefficient (Wildman–Crippen LogP) is 2.26. The highest BCUT2D eigenvalue weighted by Crippen LogP contribution is 2.18. The zero-order chi connectivity index (χ0) is 15.9. The number of nitrogens with one attached hydrogen (secondary N) is 1. The Kier molecular flexibility index (Phi) is 5.98. The molecule has 0 bridgehead atoms. The Bertz CT molecular complexity index is 616. The van der Waals surface area contributed by atoms with Crippen molar-refractivity contribution >= 4 is 18.5 Å². The minimum absolute atomic E-state index is 0.114. The van der Waals surface area contributed by atoms with Crippen LogP contribution in [0.1, 0.15) is 28.9 Å². The van der Waals surface area contributed by atoms with Crippen molar-refractivity contribution in [2.45, 2.75) is 31.2 Å². The first-order chi connectivity index (χ1) is 10.6. The monoisotopic (exact) mass is 315 g/mol. The van der Waals surface area contributed by atoms with Crippen LogP contribution >= 0.6 is 12.6 Å². The lowest BCUT2D eigenvalue weighted by atomic mass is 10.1. The Morgan fingerprint density at radius 2 is 2.00 bits per heavy atom. The van der Waals surface area contributed by atoms with Crippen molar-refractivity contribution in [2.75, 3.05) is 0 Å². The maximum absolute atomic E-state index is 12.1. The van der Waals surface area contributed by atoms with Crippen molar-refractivity contribution in [1.82, 2.24) is 10.3 Å². The first-order valence-corrected chi connectivity index (χ1v) is 7.77. The molecule has 5 heteroatoms. The fourth-order valence-electron chi connectivity index (χ4n) is 2.11. The third-order valence-electron chi connectivity index (χ3n) is 3.40. The Hall–Kier alpha value is -1.85. The highest BCUT2D eigenvalue weighted by Gasteiger charge is 2.13. The summed E-state index contributed by atoms with van der Waals surface area (Å²) in [5.41, 5.74) is 8.98. The third kappa shape index (κ3) is 4.86. The molecule has 1 aromatic heterocycles. The van der Waals surface area contributed by atoms with Crippen LogP contribution in [-0.4, -0.2) is 16.9 Å². The third-order valence-corrected chi connectivity index (χ3v) is 3.70. The number of nitrogens with zero attached hydrogens (tertiary/aromatic N) is 1. The zero-order valence-electron chi connectivity index (χ0n) is 12.6. The molecule has 1 aromatic carbocycles. The van der Waals surface area contributed by atoms with Crippen LogP contribution in [0.3, 0.4) is 0 Å². The topological polar surface area (TPSA) is 68.0 Å². The van der Waals surface area contributed by atoms with Crippen LogP contribution in [0.4, 0.5) is 0 Å². The summed E-state index contributed by atoms with van der Waals surface area (Å²) in [4.78, 5) is 16.2. The Labute approximate surface area is 136 Å². The van der Waals surface area contributed by atoms with Crippen LogP contribution in [0.15, 0.2) is 48.8 Å². The highest BCUT2D eigenvalue weighted by molar-refractivity contribution is 7.80. The Morgan fingerprint density at radius 1 is 1.27 bits per heavy atom. The lowest BCUT2D eigenvalue weighted by Gasteiger charge is -2.13. The van der Waals surface area contributed by atoms with Gasteiger partial charge in [0.1, 0.15) is 0 Å². The maximum atomic E-state index is 12.1. The van der Waals surface area contributed by atoms with Crippen molar-refractivity contribution < 1.29 is 4.79 Å². The molecule has 4 nitrogen and oxygen atoms in total. The highest BCUT2D eigenvalue weighted by atomic mass is 32.1. The first kappa shape index (κ1) is 16.5. The molecule has 2 rings (SSSR count). The standard InChI is InChI=1S/C17H21N3OS/c1-12(22)15-7-14(9-19-11-15)10-20-17(21)16(18)8-13-5-3-2-4-6-13/h2-7,9,11-12,16,22H,8,10,18H2,1H3,(H,20,21)/t12?,16-/m0/s1. The molecule has 0 fully saturated rings. The van der Waals surface area contributed by atoms with Crippen molar-refractivity contribution in [3.05, 3.63) is 65.5 Å². The van der Waals surface area contributed by atoms with Crippen LogP contribution in [0.5, 0.6) is 0 Å². The van der Waals surface area contributed by atoms with Crippen molar-refractivity contribution in [3.8, 4) is 0 Å². The van der Waals surface area contributed by atoms with Crippen molar-refractivity contribution in [2.24, 2.45) is 5.73 Å². The van der Waals surface area contributed by atoms with Gasteiger partial charge in [0.15, 0.2) is 0 Å². The van der Waals surface area contributed by atoms with Gasteiger partial charge in [-0.3, -0.25) is 9.78 Å². The van der Waals surface area contributed by atoms with E-state index in [0.29, 0.717) is 13.0 Å². The van der Waals surface area contributed by atoms with E-state index in [0.717, 1.165) is 16.7 Å². The van der Waals surface area contributed by atoms with Gasteiger partial charge in [0.25, 0.3) is 0 Å². The van der Waals surface area contributed by atoms with E-state index < -0.39 is 6.04 Å². The molecule has 2 aromatic rings. The van der Waals surface area contributed by atoms with Gasteiger partial charge in [-0.25, -0.2) is 0 Å². The van der Waals surface area contributed by atoms with E-state index >= 15 is 0 Å². The average molecular weight is 315 g/mol. The largest absolute Gasteiger partial charge is 0.351 e. The van der Waals surface area contributed by atoms with Gasteiger partial charge in [0.05, 0.1) is 6.04 Å². The molecule has 3 N–H and O–H groups in total. The van der Waals surface area contributed by atoms with Gasteiger partial charge in [0.2, 0.25) is 5.91 Å². The molecular weight excluding hydrogens is 294 g/mol. The van der Waals surface area contributed by atoms with E-state index in [1.165, 1.54) is 0 Å². The van der Waals surface area contributed by atoms with Crippen LogP contribution in [-0.2, 0) is 17.8 Å². The van der Waals surface area contributed by atoms with Gasteiger partial charge in [-0.2, -0.15) is 12.6 Å². The minimum atomic E-state index is -0.553. The molecule has 116 valence electrons. The van der Waals surface area contributed by atoms with Gasteiger partial charge in [0, 0.05) is 24.2 Å². The molecule has 0 saturated heterocycles. The number of carbonyl (C=O) groups is 1. The fraction of sp³-hybridized carbons (Fsp3) is 0.294. The summed E-state index contributed by atoms with van der Waals surface area (Å²) in [6.07, 6.45) is 4.05. The smallest absolute Gasteiger partial charge is 0.237 e. The maximum Gasteiger partial charge on any atom is 0.237 e. The summed E-state index contributed by atoms with van der Waals surface area (Å²) in [5.74, 6) is -0.159. The van der Waals surface area contributed by atoms with Crippen LogP contribution in [0.2, 0.25) is 0 Å². The number of benzene rings is 1. The molecule has 0 aliphatic heterocycles. The molecule has 0 spiro atoms. The SMILES string of the molecule is CC(S)c1cncc(CNC(=O)[C@@H](N)Cc2ccccc2)c1. The van der Waals surface area contributed by atoms with Gasteiger partial charge in [-0.15, -0.1) is 0 Å². The van der Waals surface area contributed by atoms with Crippen LogP contribution in [0.25, 0.3) is 0 Å². The van der Waals surface area contributed by atoms with E-state index in [1.54, 1.807) is 12.4 Å². The van der Waals surface area contributed by atoms with Gasteiger partial charge in [-0.1, -0.05) is 30.3 Å². The number of thiol groups is 1. The molecule has 0 saturated carbocycles. The first-order valence-electron chi connectivity index (χ1n) is 7.25. The zero-order valence-corrected chi connectivity index (χ0v) is 13.5. The second-order valence-electron chi connectivity index (χ2n) is 5.32. The number of hydrogen-bond donors (Lipinski definition) is 3. The average Bonchev–Trinajstić information content (AvgIpc) is 2.53. The lowest BCUT2D eigenvalue weighted by molar-refractivity contribution is -0.122. The van der Waals surface area contributed by atoms with Gasteiger partial charge >= 0.3 is 0 Å². The fourth-order valence-corrected chi connectivity index (χ4v) is 2.26. The van der Waals surface area contributed by atoms with E-state index in [4.69, 9.17) is 5.73 Å². The molecule has 2 atom stereocenters. The number of amides is 1. The number of pyridine rings is 1. The number of hydrogen-bond acceptors (Lipinski definition) is 4. The summed E-state index contributed by atoms with van der Waals surface area (Å²) < 4.78 is 0. The van der Waals surface area contributed by atoms with Gasteiger partial charge < -0.3 is 11.1 Å². The van der Waals surface area contributed by atoms with E-state index in [9.17, 15) is 4.79 Å². The molecular formula is C17H21N3OS. The summed E-state index contributed by atoms with van der Waals surface area (Å²) in [5, 5.41) is 2.97. The quantitative estimate of drug-likeness (QED) is 0.716. The normalized spacial score (nSPS) is 13.4. The predicted molar refractivity (Wildman–Crippen MR) is 91.6 cm³/mol. The van der Waals surface area contributed by atoms with Crippen LogP contribution in [0, 0.1) is 0 Å². The molecule has 0 radical (unpaired) electrons.